The molecule has 21 heavy (non-hydrogen) atoms. The van der Waals surface area contributed by atoms with E-state index in [-0.39, 0.29) is 29.7 Å². The van der Waals surface area contributed by atoms with Crippen molar-refractivity contribution in [2.24, 2.45) is 10.7 Å². The molecule has 0 spiro atoms. The van der Waals surface area contributed by atoms with Gasteiger partial charge in [-0.05, 0) is 41.8 Å². The van der Waals surface area contributed by atoms with E-state index in [9.17, 15) is 5.11 Å². The second-order valence-corrected chi connectivity index (χ2v) is 4.55. The number of nitrogens with two attached hydrogens (primary N) is 1. The van der Waals surface area contributed by atoms with Gasteiger partial charge in [-0.15, -0.1) is 24.0 Å². The Morgan fingerprint density at radius 3 is 2.52 bits per heavy atom. The summed E-state index contributed by atoms with van der Waals surface area (Å²) in [6.45, 7) is 2.59. The molecule has 0 aliphatic rings. The summed E-state index contributed by atoms with van der Waals surface area (Å²) in [7, 11) is 0. The molecule has 0 aliphatic heterocycles. The third-order valence-corrected chi connectivity index (χ3v) is 2.98. The zero-order chi connectivity index (χ0) is 14.4. The summed E-state index contributed by atoms with van der Waals surface area (Å²) in [6.07, 6.45) is 0.986. The minimum absolute atomic E-state index is 0. The number of aliphatic imine (C=N–C) groups is 1. The average molecular weight is 397 g/mol. The van der Waals surface area contributed by atoms with E-state index in [0.717, 1.165) is 17.7 Å². The number of nitrogens with one attached hydrogen (secondary N) is 1. The lowest BCUT2D eigenvalue weighted by atomic mass is 10.1. The molecule has 0 fully saturated rings. The largest absolute Gasteiger partial charge is 0.508 e. The van der Waals surface area contributed by atoms with Gasteiger partial charge in [0.25, 0.3) is 0 Å². The van der Waals surface area contributed by atoms with Gasteiger partial charge in [0.05, 0.1) is 6.54 Å². The molecule has 0 aliphatic carbocycles. The molecule has 2 aromatic rings. The van der Waals surface area contributed by atoms with Crippen LogP contribution >= 0.6 is 24.0 Å². The monoisotopic (exact) mass is 397 g/mol. The molecule has 112 valence electrons. The summed E-state index contributed by atoms with van der Waals surface area (Å²) in [5.41, 5.74) is 9.05. The average Bonchev–Trinajstić information content (AvgIpc) is 2.47. The number of aromatic hydroxyl groups is 1. The van der Waals surface area contributed by atoms with Gasteiger partial charge < -0.3 is 16.2 Å². The van der Waals surface area contributed by atoms with Gasteiger partial charge in [-0.1, -0.05) is 31.2 Å². The number of benzene rings is 2. The number of phenolic OH excluding ortho intramolecular Hbond substituents is 1. The molecule has 0 unspecified atom stereocenters. The van der Waals surface area contributed by atoms with Gasteiger partial charge in [0, 0.05) is 5.69 Å². The lowest BCUT2D eigenvalue weighted by Gasteiger charge is -2.07. The fourth-order valence-corrected chi connectivity index (χ4v) is 1.83. The van der Waals surface area contributed by atoms with Crippen molar-refractivity contribution in [1.29, 1.82) is 0 Å². The Labute approximate surface area is 142 Å². The van der Waals surface area contributed by atoms with E-state index in [2.05, 4.69) is 29.4 Å². The lowest BCUT2D eigenvalue weighted by Crippen LogP contribution is -2.22. The number of nitrogens with zero attached hydrogens (tertiary/aromatic N) is 1. The molecule has 0 bridgehead atoms. The quantitative estimate of drug-likeness (QED) is 0.420. The molecule has 2 aromatic carbocycles. The van der Waals surface area contributed by atoms with Gasteiger partial charge in [-0.2, -0.15) is 0 Å². The third kappa shape index (κ3) is 5.63. The summed E-state index contributed by atoms with van der Waals surface area (Å²) < 4.78 is 0. The molecule has 4 N–H and O–H groups in total. The zero-order valence-electron chi connectivity index (χ0n) is 11.9. The number of hydrogen-bond acceptors (Lipinski definition) is 2. The minimum Gasteiger partial charge on any atom is -0.508 e. The van der Waals surface area contributed by atoms with Crippen molar-refractivity contribution < 1.29 is 5.11 Å². The fraction of sp³-hybridized carbons (Fsp3) is 0.188. The standard InChI is InChI=1S/C16H19N3O.HI/c1-2-12-4-3-5-14(10-12)19-16(17)18-11-13-6-8-15(20)9-7-13;/h3-10,20H,2,11H2,1H3,(H3,17,18,19);1H. The molecule has 0 saturated carbocycles. The van der Waals surface area contributed by atoms with Gasteiger partial charge in [0.2, 0.25) is 0 Å². The summed E-state index contributed by atoms with van der Waals surface area (Å²) in [4.78, 5) is 4.28. The minimum atomic E-state index is 0. The van der Waals surface area contributed by atoms with Crippen LogP contribution in [-0.4, -0.2) is 11.1 Å². The van der Waals surface area contributed by atoms with Crippen LogP contribution in [0, 0.1) is 0 Å². The lowest BCUT2D eigenvalue weighted by molar-refractivity contribution is 0.475. The predicted octanol–water partition coefficient (Wildman–Crippen LogP) is 3.50. The predicted molar refractivity (Wildman–Crippen MR) is 98.3 cm³/mol. The Kier molecular flexibility index (Phi) is 7.01. The van der Waals surface area contributed by atoms with Gasteiger partial charge in [-0.25, -0.2) is 4.99 Å². The van der Waals surface area contributed by atoms with Crippen molar-refractivity contribution in [2.45, 2.75) is 19.9 Å². The first kappa shape index (κ1) is 17.3. The van der Waals surface area contributed by atoms with Gasteiger partial charge in [0.1, 0.15) is 5.75 Å². The van der Waals surface area contributed by atoms with Crippen LogP contribution in [0.1, 0.15) is 18.1 Å². The molecular weight excluding hydrogens is 377 g/mol. The Hall–Kier alpha value is -1.76. The topological polar surface area (TPSA) is 70.6 Å². The summed E-state index contributed by atoms with van der Waals surface area (Å²) in [5, 5.41) is 12.3. The molecular formula is C16H20IN3O. The smallest absolute Gasteiger partial charge is 0.193 e. The molecule has 5 heteroatoms. The van der Waals surface area contributed by atoms with Crippen LogP contribution < -0.4 is 11.1 Å². The van der Waals surface area contributed by atoms with Crippen LogP contribution in [-0.2, 0) is 13.0 Å². The fourth-order valence-electron chi connectivity index (χ4n) is 1.83. The van der Waals surface area contributed by atoms with Gasteiger partial charge in [-0.3, -0.25) is 0 Å². The number of guanidine groups is 1. The van der Waals surface area contributed by atoms with E-state index in [0.29, 0.717) is 12.5 Å². The van der Waals surface area contributed by atoms with Crippen LogP contribution in [0.4, 0.5) is 5.69 Å². The maximum absolute atomic E-state index is 9.21. The second-order valence-electron chi connectivity index (χ2n) is 4.55. The molecule has 2 rings (SSSR count). The van der Waals surface area contributed by atoms with Crippen molar-refractivity contribution in [3.8, 4) is 5.75 Å². The van der Waals surface area contributed by atoms with E-state index >= 15 is 0 Å². The van der Waals surface area contributed by atoms with Crippen LogP contribution in [0.15, 0.2) is 53.5 Å². The first-order chi connectivity index (χ1) is 9.67. The summed E-state index contributed by atoms with van der Waals surface area (Å²) >= 11 is 0. The number of aryl methyl sites for hydroxylation is 1. The highest BCUT2D eigenvalue weighted by atomic mass is 127. The van der Waals surface area contributed by atoms with Crippen LogP contribution in [0.2, 0.25) is 0 Å². The number of anilines is 1. The van der Waals surface area contributed by atoms with Crippen LogP contribution in [0.5, 0.6) is 5.75 Å². The third-order valence-electron chi connectivity index (χ3n) is 2.98. The van der Waals surface area contributed by atoms with Crippen LogP contribution in [0.25, 0.3) is 0 Å². The van der Waals surface area contributed by atoms with Gasteiger partial charge >= 0.3 is 0 Å². The molecule has 0 heterocycles. The second kappa shape index (κ2) is 8.51. The van der Waals surface area contributed by atoms with E-state index < -0.39 is 0 Å². The molecule has 4 nitrogen and oxygen atoms in total. The number of rotatable bonds is 4. The van der Waals surface area contributed by atoms with Crippen molar-refractivity contribution in [3.05, 3.63) is 59.7 Å². The number of hydrogen-bond donors (Lipinski definition) is 3. The van der Waals surface area contributed by atoms with Crippen molar-refractivity contribution >= 4 is 35.6 Å². The normalized spacial score (nSPS) is 10.8. The summed E-state index contributed by atoms with van der Waals surface area (Å²) in [6, 6.07) is 15.0. The highest BCUT2D eigenvalue weighted by Crippen LogP contribution is 2.12. The molecule has 0 saturated heterocycles. The van der Waals surface area contributed by atoms with Crippen LogP contribution in [0.3, 0.4) is 0 Å². The first-order valence-corrected chi connectivity index (χ1v) is 6.61. The van der Waals surface area contributed by atoms with Crippen molar-refractivity contribution in [1.82, 2.24) is 0 Å². The Balaban J connectivity index is 0.00000220. The highest BCUT2D eigenvalue weighted by Gasteiger charge is 1.97. The van der Waals surface area contributed by atoms with E-state index in [1.165, 1.54) is 5.56 Å². The maximum Gasteiger partial charge on any atom is 0.193 e. The van der Waals surface area contributed by atoms with Crippen molar-refractivity contribution in [3.63, 3.8) is 0 Å². The molecule has 0 amide bonds. The summed E-state index contributed by atoms with van der Waals surface area (Å²) in [5.74, 6) is 0.631. The SMILES string of the molecule is CCc1cccc(NC(N)=NCc2ccc(O)cc2)c1.I. The molecule has 0 atom stereocenters. The van der Waals surface area contributed by atoms with E-state index in [1.54, 1.807) is 12.1 Å². The molecule has 0 aromatic heterocycles. The Morgan fingerprint density at radius 2 is 1.86 bits per heavy atom. The van der Waals surface area contributed by atoms with Gasteiger partial charge in [0.15, 0.2) is 5.96 Å². The highest BCUT2D eigenvalue weighted by molar-refractivity contribution is 14.0. The molecule has 0 radical (unpaired) electrons. The van der Waals surface area contributed by atoms with Crippen molar-refractivity contribution in [2.75, 3.05) is 5.32 Å². The first-order valence-electron chi connectivity index (χ1n) is 6.61. The number of phenols is 1. The van der Waals surface area contributed by atoms with E-state index in [4.69, 9.17) is 5.73 Å². The van der Waals surface area contributed by atoms with E-state index in [1.807, 2.05) is 24.3 Å². The maximum atomic E-state index is 9.21. The Morgan fingerprint density at radius 1 is 1.14 bits per heavy atom. The number of halogens is 1. The zero-order valence-corrected chi connectivity index (χ0v) is 14.2. The Bertz CT molecular complexity index is 597.